The maximum Gasteiger partial charge on any atom is 0.262 e. The monoisotopic (exact) mass is 571 g/mol. The summed E-state index contributed by atoms with van der Waals surface area (Å²) in [4.78, 5) is 27.7. The molecule has 3 aromatic rings. The van der Waals surface area contributed by atoms with Crippen LogP contribution >= 0.6 is 11.6 Å². The van der Waals surface area contributed by atoms with E-state index in [-0.39, 0.29) is 22.4 Å². The lowest BCUT2D eigenvalue weighted by Gasteiger charge is -2.35. The minimum absolute atomic E-state index is 0.0597. The number of nitrogens with one attached hydrogen (secondary N) is 1. The molecule has 9 nitrogen and oxygen atoms in total. The zero-order valence-electron chi connectivity index (χ0n) is 21.7. The van der Waals surface area contributed by atoms with Crippen molar-refractivity contribution in [2.24, 2.45) is 0 Å². The van der Waals surface area contributed by atoms with E-state index in [1.165, 1.54) is 30.1 Å². The van der Waals surface area contributed by atoms with Crippen molar-refractivity contribution in [2.75, 3.05) is 38.2 Å². The molecule has 0 saturated carbocycles. The fourth-order valence-electron chi connectivity index (χ4n) is 4.15. The lowest BCUT2D eigenvalue weighted by atomic mass is 10.1. The number of benzene rings is 3. The Morgan fingerprint density at radius 3 is 2.54 bits per heavy atom. The van der Waals surface area contributed by atoms with Crippen molar-refractivity contribution < 1.29 is 27.5 Å². The van der Waals surface area contributed by atoms with Crippen molar-refractivity contribution in [2.45, 2.75) is 24.3 Å². The second kappa shape index (κ2) is 12.5. The Hall–Kier alpha value is -3.60. The number of fused-ring (bicyclic) bond motifs is 1. The third kappa shape index (κ3) is 6.70. The normalized spacial score (nSPS) is 14.9. The molecule has 0 fully saturated rings. The van der Waals surface area contributed by atoms with E-state index in [4.69, 9.17) is 21.1 Å². The summed E-state index contributed by atoms with van der Waals surface area (Å²) in [6, 6.07) is 20.7. The van der Waals surface area contributed by atoms with Crippen LogP contribution in [0, 0.1) is 0 Å². The van der Waals surface area contributed by atoms with Crippen molar-refractivity contribution in [1.82, 2.24) is 9.62 Å². The average Bonchev–Trinajstić information content (AvgIpc) is 2.94. The number of rotatable bonds is 10. The molecular weight excluding hydrogens is 542 g/mol. The number of halogens is 1. The van der Waals surface area contributed by atoms with Crippen LogP contribution in [-0.4, -0.2) is 63.9 Å². The Labute approximate surface area is 233 Å². The van der Waals surface area contributed by atoms with Crippen molar-refractivity contribution in [3.05, 3.63) is 83.4 Å². The van der Waals surface area contributed by atoms with Crippen LogP contribution in [0.3, 0.4) is 0 Å². The van der Waals surface area contributed by atoms with E-state index in [9.17, 15) is 18.0 Å². The standard InChI is InChI=1S/C28H30ClN3O6S/c1-3-37-24-14-13-21(17-22(24)29)39(35,36)31(2)19-27(33)32-18-26(38-25-12-8-7-11-23(25)32)28(34)30-16-15-20-9-5-4-6-10-20/h4-14,17,26H,3,15-16,18-19H2,1-2H3,(H,30,34)/t26-/m1/s1. The van der Waals surface area contributed by atoms with Gasteiger partial charge in [-0.1, -0.05) is 54.1 Å². The molecule has 0 spiro atoms. The highest BCUT2D eigenvalue weighted by atomic mass is 35.5. The van der Waals surface area contributed by atoms with Gasteiger partial charge in [0.05, 0.1) is 35.3 Å². The lowest BCUT2D eigenvalue weighted by molar-refractivity contribution is -0.128. The van der Waals surface area contributed by atoms with E-state index in [1.54, 1.807) is 31.2 Å². The predicted octanol–water partition coefficient (Wildman–Crippen LogP) is 3.51. The first-order valence-corrected chi connectivity index (χ1v) is 14.3. The van der Waals surface area contributed by atoms with Crippen molar-refractivity contribution in [3.63, 3.8) is 0 Å². The number of para-hydroxylation sites is 2. The number of carbonyl (C=O) groups excluding carboxylic acids is 2. The number of amides is 2. The minimum atomic E-state index is -4.04. The van der Waals surface area contributed by atoms with E-state index in [2.05, 4.69) is 5.32 Å². The first-order valence-electron chi connectivity index (χ1n) is 12.5. The first kappa shape index (κ1) is 28.4. The molecule has 39 heavy (non-hydrogen) atoms. The van der Waals surface area contributed by atoms with Gasteiger partial charge in [-0.2, -0.15) is 4.31 Å². The molecule has 1 atom stereocenters. The van der Waals surface area contributed by atoms with E-state index >= 15 is 0 Å². The Kier molecular flexibility index (Phi) is 9.11. The van der Waals surface area contributed by atoms with Crippen LogP contribution in [0.2, 0.25) is 5.02 Å². The van der Waals surface area contributed by atoms with Gasteiger partial charge in [-0.05, 0) is 49.2 Å². The second-order valence-electron chi connectivity index (χ2n) is 8.89. The number of ether oxygens (including phenoxy) is 2. The molecule has 11 heteroatoms. The van der Waals surface area contributed by atoms with Crippen LogP contribution < -0.4 is 19.7 Å². The highest BCUT2D eigenvalue weighted by molar-refractivity contribution is 7.89. The number of hydrogen-bond donors (Lipinski definition) is 1. The van der Waals surface area contributed by atoms with Gasteiger partial charge in [0.1, 0.15) is 11.5 Å². The Morgan fingerprint density at radius 1 is 1.10 bits per heavy atom. The highest BCUT2D eigenvalue weighted by Gasteiger charge is 2.35. The summed E-state index contributed by atoms with van der Waals surface area (Å²) in [5, 5.41) is 3.02. The molecule has 4 rings (SSSR count). The molecule has 0 bridgehead atoms. The fraction of sp³-hybridized carbons (Fsp3) is 0.286. The number of likely N-dealkylation sites (N-methyl/N-ethyl adjacent to an activating group) is 1. The maximum absolute atomic E-state index is 13.4. The van der Waals surface area contributed by atoms with Crippen LogP contribution in [0.5, 0.6) is 11.5 Å². The lowest BCUT2D eigenvalue weighted by Crippen LogP contribution is -2.52. The Balaban J connectivity index is 1.46. The molecule has 3 aromatic carbocycles. The summed E-state index contributed by atoms with van der Waals surface area (Å²) in [5.41, 5.74) is 1.55. The van der Waals surface area contributed by atoms with Gasteiger partial charge >= 0.3 is 0 Å². The van der Waals surface area contributed by atoms with Crippen LogP contribution in [-0.2, 0) is 26.0 Å². The van der Waals surface area contributed by atoms with Crippen molar-refractivity contribution in [1.29, 1.82) is 0 Å². The molecule has 0 radical (unpaired) electrons. The van der Waals surface area contributed by atoms with Gasteiger partial charge in [-0.15, -0.1) is 0 Å². The predicted molar refractivity (Wildman–Crippen MR) is 149 cm³/mol. The van der Waals surface area contributed by atoms with Gasteiger partial charge in [0, 0.05) is 13.6 Å². The van der Waals surface area contributed by atoms with Gasteiger partial charge in [0.2, 0.25) is 15.9 Å². The number of sulfonamides is 1. The largest absolute Gasteiger partial charge is 0.492 e. The zero-order chi connectivity index (χ0) is 28.0. The third-order valence-corrected chi connectivity index (χ3v) is 8.29. The van der Waals surface area contributed by atoms with Crippen LogP contribution in [0.4, 0.5) is 5.69 Å². The van der Waals surface area contributed by atoms with Gasteiger partial charge in [0.15, 0.2) is 6.10 Å². The molecule has 0 aliphatic carbocycles. The number of carbonyl (C=O) groups is 2. The number of anilines is 1. The highest BCUT2D eigenvalue weighted by Crippen LogP contribution is 2.34. The quantitative estimate of drug-likeness (QED) is 0.399. The van der Waals surface area contributed by atoms with Gasteiger partial charge < -0.3 is 19.7 Å². The van der Waals surface area contributed by atoms with Crippen molar-refractivity contribution in [3.8, 4) is 11.5 Å². The molecule has 0 aromatic heterocycles. The average molecular weight is 572 g/mol. The van der Waals surface area contributed by atoms with Crippen LogP contribution in [0.25, 0.3) is 0 Å². The molecule has 1 aliphatic heterocycles. The summed E-state index contributed by atoms with van der Waals surface area (Å²) in [6.07, 6.45) is -0.303. The van der Waals surface area contributed by atoms with E-state index in [0.29, 0.717) is 36.8 Å². The second-order valence-corrected chi connectivity index (χ2v) is 11.3. The van der Waals surface area contributed by atoms with Gasteiger partial charge in [0.25, 0.3) is 5.91 Å². The molecule has 1 aliphatic rings. The molecule has 2 amide bonds. The smallest absolute Gasteiger partial charge is 0.262 e. The first-order chi connectivity index (χ1) is 18.7. The third-order valence-electron chi connectivity index (χ3n) is 6.19. The minimum Gasteiger partial charge on any atom is -0.492 e. The molecule has 206 valence electrons. The SMILES string of the molecule is CCOc1ccc(S(=O)(=O)N(C)CC(=O)N2C[C@H](C(=O)NCCc3ccccc3)Oc3ccccc32)cc1Cl. The van der Waals surface area contributed by atoms with Gasteiger partial charge in [-0.25, -0.2) is 8.42 Å². The molecule has 0 saturated heterocycles. The fourth-order valence-corrected chi connectivity index (χ4v) is 5.60. The molecule has 1 N–H and O–H groups in total. The molecule has 1 heterocycles. The Morgan fingerprint density at radius 2 is 1.82 bits per heavy atom. The van der Waals surface area contributed by atoms with E-state index in [1.807, 2.05) is 30.3 Å². The van der Waals surface area contributed by atoms with Gasteiger partial charge in [-0.3, -0.25) is 9.59 Å². The summed E-state index contributed by atoms with van der Waals surface area (Å²) in [5.74, 6) is -0.127. The topological polar surface area (TPSA) is 105 Å². The van der Waals surface area contributed by atoms with Crippen LogP contribution in [0.1, 0.15) is 12.5 Å². The maximum atomic E-state index is 13.4. The number of nitrogens with zero attached hydrogens (tertiary/aromatic N) is 2. The Bertz CT molecular complexity index is 1430. The number of hydrogen-bond acceptors (Lipinski definition) is 6. The van der Waals surface area contributed by atoms with E-state index < -0.39 is 28.6 Å². The summed E-state index contributed by atoms with van der Waals surface area (Å²) >= 11 is 6.18. The van der Waals surface area contributed by atoms with E-state index in [0.717, 1.165) is 9.87 Å². The zero-order valence-corrected chi connectivity index (χ0v) is 23.2. The summed E-state index contributed by atoms with van der Waals surface area (Å²) in [6.45, 7) is 2.07. The summed E-state index contributed by atoms with van der Waals surface area (Å²) in [7, 11) is -2.72. The van der Waals surface area contributed by atoms with Crippen molar-refractivity contribution >= 4 is 39.1 Å². The molecule has 0 unspecified atom stereocenters. The van der Waals surface area contributed by atoms with Crippen LogP contribution in [0.15, 0.2) is 77.7 Å². The summed E-state index contributed by atoms with van der Waals surface area (Å²) < 4.78 is 38.6. The molecular formula is C28H30ClN3O6S.